The summed E-state index contributed by atoms with van der Waals surface area (Å²) in [6.07, 6.45) is 1.57. The molecule has 0 atom stereocenters. The monoisotopic (exact) mass is 423 g/mol. The first-order valence-corrected chi connectivity index (χ1v) is 11.1. The summed E-state index contributed by atoms with van der Waals surface area (Å²) in [4.78, 5) is 14.7. The van der Waals surface area contributed by atoms with E-state index < -0.39 is 9.84 Å². The minimum absolute atomic E-state index is 0.0874. The Bertz CT molecular complexity index is 1140. The maximum atomic E-state index is 14.0. The van der Waals surface area contributed by atoms with Gasteiger partial charge in [0.15, 0.2) is 9.84 Å². The highest BCUT2D eigenvalue weighted by Crippen LogP contribution is 2.19. The molecular weight excluding hydrogens is 401 g/mol. The zero-order valence-electron chi connectivity index (χ0n) is 16.4. The summed E-state index contributed by atoms with van der Waals surface area (Å²) in [6, 6.07) is 21.0. The van der Waals surface area contributed by atoms with Crippen LogP contribution in [-0.4, -0.2) is 25.8 Å². The topological polar surface area (TPSA) is 54.5 Å². The lowest BCUT2D eigenvalue weighted by Gasteiger charge is -2.22. The molecule has 6 heteroatoms. The number of hydrogen-bond donors (Lipinski definition) is 0. The summed E-state index contributed by atoms with van der Waals surface area (Å²) in [5.74, 6) is -0.924. The first-order chi connectivity index (χ1) is 14.4. The quantitative estimate of drug-likeness (QED) is 0.497. The molecule has 0 aromatic heterocycles. The number of rotatable bonds is 8. The van der Waals surface area contributed by atoms with Crippen LogP contribution >= 0.6 is 0 Å². The Hall–Kier alpha value is -3.25. The lowest BCUT2D eigenvalue weighted by Crippen LogP contribution is -2.31. The van der Waals surface area contributed by atoms with Crippen molar-refractivity contribution in [2.24, 2.45) is 0 Å². The van der Waals surface area contributed by atoms with Crippen LogP contribution in [0.15, 0.2) is 96.4 Å². The molecule has 0 bridgehead atoms. The van der Waals surface area contributed by atoms with Crippen LogP contribution in [0.3, 0.4) is 0 Å². The molecular formula is C24H22FNO3S. The lowest BCUT2D eigenvalue weighted by molar-refractivity contribution is 0.0761. The molecule has 3 rings (SSSR count). The molecule has 0 aliphatic rings. The van der Waals surface area contributed by atoms with E-state index in [0.717, 1.165) is 0 Å². The molecule has 0 saturated heterocycles. The van der Waals surface area contributed by atoms with Gasteiger partial charge in [0.05, 0.1) is 10.6 Å². The Morgan fingerprint density at radius 1 is 0.967 bits per heavy atom. The van der Waals surface area contributed by atoms with Crippen molar-refractivity contribution < 1.29 is 17.6 Å². The molecule has 0 fully saturated rings. The van der Waals surface area contributed by atoms with Crippen LogP contribution in [0.25, 0.3) is 0 Å². The third-order valence-corrected chi connectivity index (χ3v) is 6.29. The number of hydrogen-bond acceptors (Lipinski definition) is 3. The van der Waals surface area contributed by atoms with Gasteiger partial charge < -0.3 is 4.90 Å². The molecule has 3 aromatic carbocycles. The molecule has 0 radical (unpaired) electrons. The molecule has 0 heterocycles. The van der Waals surface area contributed by atoms with Crippen molar-refractivity contribution in [3.05, 3.63) is 114 Å². The van der Waals surface area contributed by atoms with Crippen LogP contribution in [0, 0.1) is 5.82 Å². The zero-order valence-corrected chi connectivity index (χ0v) is 17.2. The Morgan fingerprint density at radius 2 is 1.67 bits per heavy atom. The fourth-order valence-corrected chi connectivity index (χ4v) is 4.47. The van der Waals surface area contributed by atoms with Crippen molar-refractivity contribution in [3.63, 3.8) is 0 Å². The van der Waals surface area contributed by atoms with Crippen LogP contribution in [-0.2, 0) is 22.1 Å². The van der Waals surface area contributed by atoms with E-state index in [2.05, 4.69) is 6.58 Å². The predicted octanol–water partition coefficient (Wildman–Crippen LogP) is 4.63. The molecule has 154 valence electrons. The average molecular weight is 424 g/mol. The molecule has 1 amide bonds. The zero-order chi connectivity index (χ0) is 21.6. The van der Waals surface area contributed by atoms with Gasteiger partial charge >= 0.3 is 0 Å². The smallest absolute Gasteiger partial charge is 0.254 e. The number of amides is 1. The van der Waals surface area contributed by atoms with Crippen molar-refractivity contribution in [2.45, 2.75) is 17.2 Å². The molecule has 0 unspecified atom stereocenters. The number of nitrogens with zero attached hydrogens (tertiary/aromatic N) is 1. The first-order valence-electron chi connectivity index (χ1n) is 9.41. The second kappa shape index (κ2) is 9.50. The van der Waals surface area contributed by atoms with Crippen molar-refractivity contribution in [2.75, 3.05) is 6.54 Å². The van der Waals surface area contributed by atoms with Crippen molar-refractivity contribution >= 4 is 15.7 Å². The molecule has 3 aromatic rings. The number of carbonyl (C=O) groups is 1. The molecule has 4 nitrogen and oxygen atoms in total. The SMILES string of the molecule is C=CCN(Cc1ccccc1F)C(=O)c1cccc(CS(=O)(=O)c2ccccc2)c1. The standard InChI is InChI=1S/C24H22FNO3S/c1-2-15-26(17-21-10-6-7-14-23(21)25)24(27)20-11-8-9-19(16-20)18-30(28,29)22-12-4-3-5-13-22/h2-14,16H,1,15,17-18H2. The Kier molecular flexibility index (Phi) is 6.79. The van der Waals surface area contributed by atoms with Gasteiger partial charge in [0.1, 0.15) is 5.82 Å². The normalized spacial score (nSPS) is 11.1. The lowest BCUT2D eigenvalue weighted by atomic mass is 10.1. The van der Waals surface area contributed by atoms with Crippen LogP contribution in [0.1, 0.15) is 21.5 Å². The second-order valence-electron chi connectivity index (χ2n) is 6.84. The van der Waals surface area contributed by atoms with E-state index in [1.807, 2.05) is 0 Å². The molecule has 0 aliphatic heterocycles. The van der Waals surface area contributed by atoms with Crippen molar-refractivity contribution in [1.29, 1.82) is 0 Å². The maximum Gasteiger partial charge on any atom is 0.254 e. The van der Waals surface area contributed by atoms with Gasteiger partial charge in [-0.2, -0.15) is 0 Å². The Morgan fingerprint density at radius 3 is 2.37 bits per heavy atom. The molecule has 0 spiro atoms. The number of halogens is 1. The van der Waals surface area contributed by atoms with Crippen LogP contribution < -0.4 is 0 Å². The first kappa shape index (κ1) is 21.5. The van der Waals surface area contributed by atoms with Gasteiger partial charge in [0.2, 0.25) is 0 Å². The van der Waals surface area contributed by atoms with Crippen LogP contribution in [0.2, 0.25) is 0 Å². The van der Waals surface area contributed by atoms with Crippen molar-refractivity contribution in [3.8, 4) is 0 Å². The van der Waals surface area contributed by atoms with E-state index in [1.54, 1.807) is 78.9 Å². The van der Waals surface area contributed by atoms with E-state index in [4.69, 9.17) is 0 Å². The summed E-state index contributed by atoms with van der Waals surface area (Å²) in [5, 5.41) is 0. The molecule has 0 N–H and O–H groups in total. The van der Waals surface area contributed by atoms with Gasteiger partial charge in [-0.3, -0.25) is 4.79 Å². The van der Waals surface area contributed by atoms with E-state index in [-0.39, 0.29) is 35.5 Å². The third kappa shape index (κ3) is 5.21. The van der Waals surface area contributed by atoms with E-state index in [0.29, 0.717) is 16.7 Å². The molecule has 30 heavy (non-hydrogen) atoms. The van der Waals surface area contributed by atoms with Crippen LogP contribution in [0.4, 0.5) is 4.39 Å². The van der Waals surface area contributed by atoms with Gasteiger partial charge in [0.25, 0.3) is 5.91 Å². The van der Waals surface area contributed by atoms with E-state index >= 15 is 0 Å². The van der Waals surface area contributed by atoms with Gasteiger partial charge in [0, 0.05) is 24.2 Å². The Balaban J connectivity index is 1.83. The van der Waals surface area contributed by atoms with Gasteiger partial charge in [-0.05, 0) is 35.9 Å². The molecule has 0 saturated carbocycles. The van der Waals surface area contributed by atoms with Crippen molar-refractivity contribution in [1.82, 2.24) is 4.90 Å². The Labute approximate surface area is 176 Å². The second-order valence-corrected chi connectivity index (χ2v) is 8.83. The van der Waals surface area contributed by atoms with E-state index in [1.165, 1.54) is 11.0 Å². The number of sulfone groups is 1. The summed E-state index contributed by atoms with van der Waals surface area (Å²) < 4.78 is 39.3. The number of carbonyl (C=O) groups excluding carboxylic acids is 1. The minimum atomic E-state index is -3.53. The summed E-state index contributed by atoms with van der Waals surface area (Å²) in [5.41, 5.74) is 1.25. The van der Waals surface area contributed by atoms with Gasteiger partial charge in [-0.15, -0.1) is 6.58 Å². The highest BCUT2D eigenvalue weighted by Gasteiger charge is 2.19. The largest absolute Gasteiger partial charge is 0.331 e. The minimum Gasteiger partial charge on any atom is -0.331 e. The van der Waals surface area contributed by atoms with Gasteiger partial charge in [-0.25, -0.2) is 12.8 Å². The third-order valence-electron chi connectivity index (χ3n) is 4.59. The average Bonchev–Trinajstić information content (AvgIpc) is 2.75. The van der Waals surface area contributed by atoms with E-state index in [9.17, 15) is 17.6 Å². The highest BCUT2D eigenvalue weighted by atomic mass is 32.2. The van der Waals surface area contributed by atoms with Crippen LogP contribution in [0.5, 0.6) is 0 Å². The summed E-state index contributed by atoms with van der Waals surface area (Å²) >= 11 is 0. The summed E-state index contributed by atoms with van der Waals surface area (Å²) in [7, 11) is -3.53. The van der Waals surface area contributed by atoms with Gasteiger partial charge in [-0.1, -0.05) is 54.6 Å². The highest BCUT2D eigenvalue weighted by molar-refractivity contribution is 7.90. The predicted molar refractivity (Wildman–Crippen MR) is 115 cm³/mol. The molecule has 0 aliphatic carbocycles. The number of benzene rings is 3. The maximum absolute atomic E-state index is 14.0. The summed E-state index contributed by atoms with van der Waals surface area (Å²) in [6.45, 7) is 4.00. The fraction of sp³-hybridized carbons (Fsp3) is 0.125. The fourth-order valence-electron chi connectivity index (χ4n) is 3.11.